The van der Waals surface area contributed by atoms with Crippen molar-refractivity contribution < 1.29 is 4.74 Å². The largest absolute Gasteiger partial charge is 0.380 e. The van der Waals surface area contributed by atoms with E-state index in [1.807, 2.05) is 0 Å². The molecule has 0 unspecified atom stereocenters. The van der Waals surface area contributed by atoms with Crippen molar-refractivity contribution in [2.45, 2.75) is 12.8 Å². The second-order valence-corrected chi connectivity index (χ2v) is 2.59. The summed E-state index contributed by atoms with van der Waals surface area (Å²) >= 11 is 5.38. The summed E-state index contributed by atoms with van der Waals surface area (Å²) in [5.41, 5.74) is 0. The molecule has 0 N–H and O–H groups in total. The Bertz CT molecular complexity index is 61.5. The zero-order valence-corrected chi connectivity index (χ0v) is 5.66. The summed E-state index contributed by atoms with van der Waals surface area (Å²) in [5, 5.41) is 0. The molecule has 0 aromatic rings. The van der Waals surface area contributed by atoms with Gasteiger partial charge in [0.1, 0.15) is 0 Å². The molecule has 0 bridgehead atoms. The summed E-state index contributed by atoms with van der Waals surface area (Å²) in [6.45, 7) is 1.66. The lowest BCUT2D eigenvalue weighted by Crippen LogP contribution is -1.98. The number of hydrogen-bond donors (Lipinski definition) is 0. The Balaban J connectivity index is 1.74. The molecule has 0 aromatic heterocycles. The molecule has 1 nitrogen and oxygen atoms in total. The zero-order chi connectivity index (χ0) is 5.82. The second-order valence-electron chi connectivity index (χ2n) is 2.21. The van der Waals surface area contributed by atoms with Crippen molar-refractivity contribution in [3.05, 3.63) is 0 Å². The van der Waals surface area contributed by atoms with Gasteiger partial charge in [-0.15, -0.1) is 11.6 Å². The molecule has 1 fully saturated rings. The van der Waals surface area contributed by atoms with Gasteiger partial charge in [-0.2, -0.15) is 0 Å². The molecule has 0 aromatic carbocycles. The lowest BCUT2D eigenvalue weighted by molar-refractivity contribution is 0.139. The molecule has 0 radical (unpaired) electrons. The van der Waals surface area contributed by atoms with Crippen molar-refractivity contribution in [1.82, 2.24) is 0 Å². The third-order valence-electron chi connectivity index (χ3n) is 1.27. The van der Waals surface area contributed by atoms with E-state index in [0.29, 0.717) is 5.88 Å². The number of hydrogen-bond acceptors (Lipinski definition) is 1. The van der Waals surface area contributed by atoms with Crippen molar-refractivity contribution in [2.75, 3.05) is 19.1 Å². The minimum absolute atomic E-state index is 0.632. The maximum absolute atomic E-state index is 5.38. The Morgan fingerprint density at radius 3 is 2.75 bits per heavy atom. The van der Waals surface area contributed by atoms with E-state index in [4.69, 9.17) is 16.3 Å². The fourth-order valence-electron chi connectivity index (χ4n) is 0.589. The normalized spacial score (nSPS) is 19.1. The van der Waals surface area contributed by atoms with Crippen LogP contribution in [0, 0.1) is 5.92 Å². The van der Waals surface area contributed by atoms with Crippen LogP contribution in [-0.4, -0.2) is 19.1 Å². The van der Waals surface area contributed by atoms with Crippen LogP contribution in [0.25, 0.3) is 0 Å². The van der Waals surface area contributed by atoms with Gasteiger partial charge in [0.25, 0.3) is 0 Å². The first kappa shape index (κ1) is 6.37. The van der Waals surface area contributed by atoms with Crippen molar-refractivity contribution in [3.63, 3.8) is 0 Å². The van der Waals surface area contributed by atoms with Gasteiger partial charge in [0, 0.05) is 12.5 Å². The predicted octanol–water partition coefficient (Wildman–Crippen LogP) is 1.65. The van der Waals surface area contributed by atoms with Crippen LogP contribution in [0.5, 0.6) is 0 Å². The standard InChI is InChI=1S/C6H11ClO/c7-3-4-8-5-6-1-2-6/h6H,1-5H2. The van der Waals surface area contributed by atoms with Crippen LogP contribution in [0.15, 0.2) is 0 Å². The molecule has 0 atom stereocenters. The van der Waals surface area contributed by atoms with E-state index in [9.17, 15) is 0 Å². The summed E-state index contributed by atoms with van der Waals surface area (Å²) < 4.78 is 5.17. The Kier molecular flexibility index (Phi) is 2.64. The molecule has 48 valence electrons. The van der Waals surface area contributed by atoms with Gasteiger partial charge in [-0.25, -0.2) is 0 Å². The van der Waals surface area contributed by atoms with E-state index >= 15 is 0 Å². The Morgan fingerprint density at radius 1 is 1.50 bits per heavy atom. The SMILES string of the molecule is ClCCOCC1CC1. The van der Waals surface area contributed by atoms with E-state index in [1.165, 1.54) is 12.8 Å². The van der Waals surface area contributed by atoms with Crippen molar-refractivity contribution >= 4 is 11.6 Å². The summed E-state index contributed by atoms with van der Waals surface area (Å²) in [6.07, 6.45) is 2.73. The molecule has 0 saturated heterocycles. The smallest absolute Gasteiger partial charge is 0.0601 e. The van der Waals surface area contributed by atoms with Crippen molar-refractivity contribution in [2.24, 2.45) is 5.92 Å². The average molecular weight is 135 g/mol. The molecule has 0 amide bonds. The molecule has 1 saturated carbocycles. The molecular weight excluding hydrogens is 124 g/mol. The van der Waals surface area contributed by atoms with Crippen LogP contribution >= 0.6 is 11.6 Å². The van der Waals surface area contributed by atoms with E-state index in [1.54, 1.807) is 0 Å². The van der Waals surface area contributed by atoms with Gasteiger partial charge in [0.05, 0.1) is 6.61 Å². The maximum Gasteiger partial charge on any atom is 0.0601 e. The molecule has 0 spiro atoms. The molecule has 1 aliphatic rings. The minimum Gasteiger partial charge on any atom is -0.380 e. The summed E-state index contributed by atoms with van der Waals surface area (Å²) in [5.74, 6) is 1.51. The van der Waals surface area contributed by atoms with Gasteiger partial charge in [-0.05, 0) is 18.8 Å². The highest BCUT2D eigenvalue weighted by Crippen LogP contribution is 2.28. The van der Waals surface area contributed by atoms with E-state index in [2.05, 4.69) is 0 Å². The number of rotatable bonds is 4. The Morgan fingerprint density at radius 2 is 2.25 bits per heavy atom. The lowest BCUT2D eigenvalue weighted by atomic mass is 10.5. The Hall–Kier alpha value is 0.250. The highest BCUT2D eigenvalue weighted by molar-refractivity contribution is 6.17. The number of alkyl halides is 1. The van der Waals surface area contributed by atoms with E-state index < -0.39 is 0 Å². The molecule has 1 aliphatic carbocycles. The number of halogens is 1. The van der Waals surface area contributed by atoms with Crippen molar-refractivity contribution in [1.29, 1.82) is 0 Å². The summed E-state index contributed by atoms with van der Waals surface area (Å²) in [4.78, 5) is 0. The topological polar surface area (TPSA) is 9.23 Å². The van der Waals surface area contributed by atoms with Crippen LogP contribution in [-0.2, 0) is 4.74 Å². The van der Waals surface area contributed by atoms with Crippen molar-refractivity contribution in [3.8, 4) is 0 Å². The van der Waals surface area contributed by atoms with E-state index in [0.717, 1.165) is 19.1 Å². The fraction of sp³-hybridized carbons (Fsp3) is 1.00. The first-order valence-electron chi connectivity index (χ1n) is 3.07. The monoisotopic (exact) mass is 134 g/mol. The molecule has 2 heteroatoms. The molecule has 1 rings (SSSR count). The third-order valence-corrected chi connectivity index (χ3v) is 1.43. The van der Waals surface area contributed by atoms with Gasteiger partial charge < -0.3 is 4.74 Å². The number of ether oxygens (including phenoxy) is 1. The fourth-order valence-corrected chi connectivity index (χ4v) is 0.698. The van der Waals surface area contributed by atoms with Crippen LogP contribution in [0.2, 0.25) is 0 Å². The lowest BCUT2D eigenvalue weighted by Gasteiger charge is -1.96. The highest BCUT2D eigenvalue weighted by atomic mass is 35.5. The summed E-state index contributed by atoms with van der Waals surface area (Å²) in [6, 6.07) is 0. The Labute approximate surface area is 55.0 Å². The minimum atomic E-state index is 0.632. The van der Waals surface area contributed by atoms with Crippen LogP contribution in [0.1, 0.15) is 12.8 Å². The van der Waals surface area contributed by atoms with Gasteiger partial charge in [0.2, 0.25) is 0 Å². The maximum atomic E-state index is 5.38. The quantitative estimate of drug-likeness (QED) is 0.420. The molecule has 0 heterocycles. The molecule has 8 heavy (non-hydrogen) atoms. The molecular formula is C6H11ClO. The first-order valence-corrected chi connectivity index (χ1v) is 3.60. The van der Waals surface area contributed by atoms with Crippen LogP contribution < -0.4 is 0 Å². The second kappa shape index (κ2) is 3.31. The van der Waals surface area contributed by atoms with Gasteiger partial charge in [0.15, 0.2) is 0 Å². The van der Waals surface area contributed by atoms with Gasteiger partial charge >= 0.3 is 0 Å². The average Bonchev–Trinajstić information content (AvgIpc) is 2.51. The van der Waals surface area contributed by atoms with Gasteiger partial charge in [-0.1, -0.05) is 0 Å². The summed E-state index contributed by atoms with van der Waals surface area (Å²) in [7, 11) is 0. The van der Waals surface area contributed by atoms with Crippen LogP contribution in [0.4, 0.5) is 0 Å². The molecule has 0 aliphatic heterocycles. The highest BCUT2D eigenvalue weighted by Gasteiger charge is 2.20. The van der Waals surface area contributed by atoms with Crippen LogP contribution in [0.3, 0.4) is 0 Å². The third kappa shape index (κ3) is 2.53. The first-order chi connectivity index (χ1) is 3.93. The van der Waals surface area contributed by atoms with Gasteiger partial charge in [-0.3, -0.25) is 0 Å². The predicted molar refractivity (Wildman–Crippen MR) is 34.3 cm³/mol. The zero-order valence-electron chi connectivity index (χ0n) is 4.90. The van der Waals surface area contributed by atoms with E-state index in [-0.39, 0.29) is 0 Å².